The minimum absolute atomic E-state index is 0.876. The maximum Gasteiger partial charge on any atom is 0.143 e. The van der Waals surface area contributed by atoms with Crippen LogP contribution in [0.2, 0.25) is 0 Å². The molecule has 0 radical (unpaired) electrons. The molecule has 0 aliphatic rings. The lowest BCUT2D eigenvalue weighted by Gasteiger charge is -2.18. The lowest BCUT2D eigenvalue weighted by Crippen LogP contribution is -1.93. The summed E-state index contributed by atoms with van der Waals surface area (Å²) in [5, 5.41) is 11.5. The van der Waals surface area contributed by atoms with E-state index in [0.29, 0.717) is 0 Å². The summed E-state index contributed by atoms with van der Waals surface area (Å²) in [6, 6.07) is 40.8. The van der Waals surface area contributed by atoms with Crippen molar-refractivity contribution in [3.8, 4) is 11.1 Å². The van der Waals surface area contributed by atoms with E-state index in [2.05, 4.69) is 128 Å². The fourth-order valence-electron chi connectivity index (χ4n) is 7.39. The molecule has 0 bridgehead atoms. The molecule has 218 valence electrons. The maximum atomic E-state index is 6.87. The summed E-state index contributed by atoms with van der Waals surface area (Å²) in [4.78, 5) is 0. The topological polar surface area (TPSA) is 26.3 Å². The number of fused-ring (bicyclic) bond motifs is 11. The highest BCUT2D eigenvalue weighted by Crippen LogP contribution is 2.49. The molecule has 2 heterocycles. The highest BCUT2D eigenvalue weighted by molar-refractivity contribution is 6.34. The Morgan fingerprint density at radius 2 is 1.17 bits per heavy atom. The number of hydrogen-bond donors (Lipinski definition) is 0. The Bertz CT molecular complexity index is 2690. The van der Waals surface area contributed by atoms with Gasteiger partial charge in [-0.3, -0.25) is 0 Å². The van der Waals surface area contributed by atoms with Gasteiger partial charge in [0.1, 0.15) is 22.3 Å². The number of para-hydroxylation sites is 2. The van der Waals surface area contributed by atoms with Crippen molar-refractivity contribution in [2.75, 3.05) is 0 Å². The van der Waals surface area contributed by atoms with E-state index < -0.39 is 0 Å². The molecule has 0 atom stereocenters. The van der Waals surface area contributed by atoms with Gasteiger partial charge in [0.15, 0.2) is 0 Å². The third kappa shape index (κ3) is 3.83. The first-order valence-corrected chi connectivity index (χ1v) is 15.8. The second-order valence-electron chi connectivity index (χ2n) is 11.9. The van der Waals surface area contributed by atoms with E-state index in [1.807, 2.05) is 25.1 Å². The molecule has 0 N–H and O–H groups in total. The zero-order valence-corrected chi connectivity index (χ0v) is 25.5. The van der Waals surface area contributed by atoms with E-state index in [9.17, 15) is 0 Å². The zero-order valence-electron chi connectivity index (χ0n) is 25.5. The SMILES string of the molecule is C=C(/C=C/C/C=C\C)c1c2ccccc2c(-c2cc3ccc4oc5ccccc5c4c3c3c2oc2ccccc23)c2ccccc12. The third-order valence-corrected chi connectivity index (χ3v) is 9.31. The molecule has 9 aromatic rings. The van der Waals surface area contributed by atoms with Crippen LogP contribution in [0.15, 0.2) is 155 Å². The van der Waals surface area contributed by atoms with Crippen LogP contribution in [-0.2, 0) is 0 Å². The van der Waals surface area contributed by atoms with Gasteiger partial charge in [0.25, 0.3) is 0 Å². The summed E-state index contributed by atoms with van der Waals surface area (Å²) in [5.74, 6) is 0. The van der Waals surface area contributed by atoms with E-state index in [1.54, 1.807) is 0 Å². The Hall–Kier alpha value is -5.86. The summed E-state index contributed by atoms with van der Waals surface area (Å²) in [5.41, 5.74) is 7.96. The molecule has 0 fully saturated rings. The first kappa shape index (κ1) is 26.5. The second-order valence-corrected chi connectivity index (χ2v) is 11.9. The van der Waals surface area contributed by atoms with Crippen molar-refractivity contribution in [1.82, 2.24) is 0 Å². The highest BCUT2D eigenvalue weighted by Gasteiger charge is 2.23. The monoisotopic (exact) mass is 590 g/mol. The zero-order chi connectivity index (χ0) is 30.8. The van der Waals surface area contributed by atoms with Crippen LogP contribution in [0.1, 0.15) is 18.9 Å². The predicted molar refractivity (Wildman–Crippen MR) is 197 cm³/mol. The van der Waals surface area contributed by atoms with Gasteiger partial charge < -0.3 is 8.83 Å². The van der Waals surface area contributed by atoms with Crippen LogP contribution in [0.5, 0.6) is 0 Å². The minimum Gasteiger partial charge on any atom is -0.456 e. The van der Waals surface area contributed by atoms with Gasteiger partial charge in [-0.05, 0) is 75.7 Å². The number of allylic oxidation sites excluding steroid dienone is 5. The van der Waals surface area contributed by atoms with Crippen molar-refractivity contribution in [3.05, 3.63) is 152 Å². The summed E-state index contributed by atoms with van der Waals surface area (Å²) in [6.45, 7) is 6.61. The summed E-state index contributed by atoms with van der Waals surface area (Å²) < 4.78 is 13.2. The number of benzene rings is 7. The standard InChI is InChI=1S/C44H30O2/c1-3-4-5-6-15-27(2)39-29-16-7-9-18-31(29)41(32-19-10-8-17-30(32)39)35-26-28-24-25-38-42(33-20-11-13-22-36(33)45-38)40(28)43-34-21-12-14-23-37(34)46-44(35)43/h3-4,6-26H,2,5H2,1H3/b4-3-,15-6+. The van der Waals surface area contributed by atoms with Crippen LogP contribution in [0.25, 0.3) is 92.9 Å². The van der Waals surface area contributed by atoms with Crippen molar-refractivity contribution in [2.24, 2.45) is 0 Å². The van der Waals surface area contributed by atoms with Gasteiger partial charge in [-0.2, -0.15) is 0 Å². The summed E-state index contributed by atoms with van der Waals surface area (Å²) >= 11 is 0. The molecule has 0 unspecified atom stereocenters. The van der Waals surface area contributed by atoms with Crippen LogP contribution in [0.4, 0.5) is 0 Å². The molecular formula is C44H30O2. The summed E-state index contributed by atoms with van der Waals surface area (Å²) in [7, 11) is 0. The second kappa shape index (κ2) is 10.4. The molecule has 9 rings (SSSR count). The Morgan fingerprint density at radius 3 is 1.85 bits per heavy atom. The van der Waals surface area contributed by atoms with E-state index >= 15 is 0 Å². The lowest BCUT2D eigenvalue weighted by atomic mass is 9.84. The molecule has 2 nitrogen and oxygen atoms in total. The number of hydrogen-bond acceptors (Lipinski definition) is 2. The smallest absolute Gasteiger partial charge is 0.143 e. The van der Waals surface area contributed by atoms with Gasteiger partial charge in [0.05, 0.1) is 0 Å². The van der Waals surface area contributed by atoms with Gasteiger partial charge in [-0.25, -0.2) is 0 Å². The average molecular weight is 591 g/mol. The molecule has 2 heteroatoms. The van der Waals surface area contributed by atoms with Crippen molar-refractivity contribution in [3.63, 3.8) is 0 Å². The van der Waals surface area contributed by atoms with Crippen molar-refractivity contribution in [2.45, 2.75) is 13.3 Å². The van der Waals surface area contributed by atoms with Crippen LogP contribution < -0.4 is 0 Å². The molecule has 0 spiro atoms. The van der Waals surface area contributed by atoms with Crippen LogP contribution in [0, 0.1) is 0 Å². The van der Waals surface area contributed by atoms with Gasteiger partial charge in [-0.15, -0.1) is 0 Å². The quantitative estimate of drug-likeness (QED) is 0.113. The fourth-order valence-corrected chi connectivity index (χ4v) is 7.39. The molecule has 0 saturated heterocycles. The summed E-state index contributed by atoms with van der Waals surface area (Å²) in [6.07, 6.45) is 9.45. The first-order chi connectivity index (χ1) is 22.7. The van der Waals surface area contributed by atoms with Crippen molar-refractivity contribution >= 4 is 81.8 Å². The Balaban J connectivity index is 1.45. The molecular weight excluding hydrogens is 560 g/mol. The average Bonchev–Trinajstić information content (AvgIpc) is 3.68. The van der Waals surface area contributed by atoms with E-state index in [1.165, 1.54) is 32.7 Å². The minimum atomic E-state index is 0.876. The number of rotatable bonds is 5. The van der Waals surface area contributed by atoms with E-state index in [-0.39, 0.29) is 0 Å². The molecule has 46 heavy (non-hydrogen) atoms. The number of furan rings is 2. The molecule has 0 saturated carbocycles. The molecule has 2 aromatic heterocycles. The first-order valence-electron chi connectivity index (χ1n) is 15.8. The van der Waals surface area contributed by atoms with Crippen molar-refractivity contribution < 1.29 is 8.83 Å². The van der Waals surface area contributed by atoms with Gasteiger partial charge in [0.2, 0.25) is 0 Å². The van der Waals surface area contributed by atoms with Crippen molar-refractivity contribution in [1.29, 1.82) is 0 Å². The van der Waals surface area contributed by atoms with Gasteiger partial charge in [-0.1, -0.05) is 122 Å². The molecule has 7 aromatic carbocycles. The van der Waals surface area contributed by atoms with Crippen LogP contribution >= 0.6 is 0 Å². The molecule has 0 aliphatic carbocycles. The van der Waals surface area contributed by atoms with Crippen LogP contribution in [0.3, 0.4) is 0 Å². The lowest BCUT2D eigenvalue weighted by molar-refractivity contribution is 0.669. The normalized spacial score (nSPS) is 12.5. The van der Waals surface area contributed by atoms with E-state index in [4.69, 9.17) is 8.83 Å². The predicted octanol–water partition coefficient (Wildman–Crippen LogP) is 13.1. The Kier molecular flexibility index (Phi) is 5.97. The Morgan fingerprint density at radius 1 is 0.587 bits per heavy atom. The maximum absolute atomic E-state index is 6.87. The molecule has 0 amide bonds. The van der Waals surface area contributed by atoms with Crippen LogP contribution in [-0.4, -0.2) is 0 Å². The van der Waals surface area contributed by atoms with Gasteiger partial charge >= 0.3 is 0 Å². The molecule has 0 aliphatic heterocycles. The fraction of sp³-hybridized carbons (Fsp3) is 0.0455. The van der Waals surface area contributed by atoms with E-state index in [0.717, 1.165) is 72.2 Å². The highest BCUT2D eigenvalue weighted by atomic mass is 16.3. The largest absolute Gasteiger partial charge is 0.456 e. The third-order valence-electron chi connectivity index (χ3n) is 9.31. The Labute approximate surface area is 266 Å². The van der Waals surface area contributed by atoms with Gasteiger partial charge in [0, 0.05) is 38.1 Å².